The maximum absolute atomic E-state index is 13.8. The van der Waals surface area contributed by atoms with Crippen molar-refractivity contribution < 1.29 is 30.4 Å². The first-order valence-corrected chi connectivity index (χ1v) is 9.63. The summed E-state index contributed by atoms with van der Waals surface area (Å²) in [5, 5.41) is 3.77. The van der Waals surface area contributed by atoms with Crippen molar-refractivity contribution in [1.29, 1.82) is 0 Å². The second kappa shape index (κ2) is 7.47. The van der Waals surface area contributed by atoms with Crippen LogP contribution in [0.3, 0.4) is 0 Å². The Hall–Kier alpha value is -2.95. The third kappa shape index (κ3) is 3.95. The first kappa shape index (κ1) is 20.8. The van der Waals surface area contributed by atoms with Gasteiger partial charge in [-0.15, -0.1) is 0 Å². The van der Waals surface area contributed by atoms with Crippen molar-refractivity contribution in [3.05, 3.63) is 76.2 Å². The Balaban J connectivity index is 1.86. The molecule has 5 nitrogen and oxygen atoms in total. The number of aryl methyl sites for hydroxylation is 2. The van der Waals surface area contributed by atoms with Crippen LogP contribution < -0.4 is 4.72 Å². The molecular formula is C18H14F5N3O2S. The molecule has 0 spiro atoms. The Morgan fingerprint density at radius 3 is 2.07 bits per heavy atom. The lowest BCUT2D eigenvalue weighted by Crippen LogP contribution is -2.15. The van der Waals surface area contributed by atoms with Crippen molar-refractivity contribution in [3.8, 4) is 0 Å². The van der Waals surface area contributed by atoms with Crippen molar-refractivity contribution in [2.75, 3.05) is 4.72 Å². The largest absolute Gasteiger partial charge is 0.266 e. The Kier molecular flexibility index (Phi) is 5.35. The third-order valence-electron chi connectivity index (χ3n) is 4.29. The lowest BCUT2D eigenvalue weighted by Gasteiger charge is -2.09. The van der Waals surface area contributed by atoms with Crippen LogP contribution in [-0.4, -0.2) is 18.2 Å². The summed E-state index contributed by atoms with van der Waals surface area (Å²) < 4.78 is 95.2. The quantitative estimate of drug-likeness (QED) is 0.377. The van der Waals surface area contributed by atoms with Gasteiger partial charge in [-0.3, -0.25) is 9.40 Å². The maximum Gasteiger partial charge on any atom is 0.263 e. The van der Waals surface area contributed by atoms with Gasteiger partial charge in [0.25, 0.3) is 10.0 Å². The standard InChI is InChI=1S/C18H14F5N3O2S/c1-9-3-4-11(7-10(9)2)29(27,28)25-13-5-6-26(24-13)8-12-14(19)16(21)18(23)17(22)15(12)20/h3-7H,8H2,1-2H3,(H,24,25). The Bertz CT molecular complexity index is 1180. The molecule has 0 saturated carbocycles. The van der Waals surface area contributed by atoms with Crippen LogP contribution in [0.4, 0.5) is 27.8 Å². The van der Waals surface area contributed by atoms with E-state index in [4.69, 9.17) is 0 Å². The maximum atomic E-state index is 13.8. The smallest absolute Gasteiger partial charge is 0.263 e. The molecule has 1 heterocycles. The Morgan fingerprint density at radius 1 is 0.897 bits per heavy atom. The van der Waals surface area contributed by atoms with E-state index in [0.29, 0.717) is 0 Å². The minimum absolute atomic E-state index is 0.0186. The van der Waals surface area contributed by atoms with E-state index >= 15 is 0 Å². The van der Waals surface area contributed by atoms with Crippen LogP contribution in [0.2, 0.25) is 0 Å². The van der Waals surface area contributed by atoms with E-state index in [-0.39, 0.29) is 10.7 Å². The Morgan fingerprint density at radius 2 is 1.48 bits per heavy atom. The molecule has 0 bridgehead atoms. The normalized spacial score (nSPS) is 11.7. The van der Waals surface area contributed by atoms with Crippen molar-refractivity contribution in [2.45, 2.75) is 25.3 Å². The fraction of sp³-hybridized carbons (Fsp3) is 0.167. The van der Waals surface area contributed by atoms with Crippen LogP contribution in [0.5, 0.6) is 0 Å². The third-order valence-corrected chi connectivity index (χ3v) is 5.64. The van der Waals surface area contributed by atoms with E-state index in [2.05, 4.69) is 9.82 Å². The lowest BCUT2D eigenvalue weighted by atomic mass is 10.1. The molecule has 0 saturated heterocycles. The first-order valence-electron chi connectivity index (χ1n) is 8.15. The summed E-state index contributed by atoms with van der Waals surface area (Å²) in [5.74, 6) is -10.5. The van der Waals surface area contributed by atoms with Crippen molar-refractivity contribution in [2.24, 2.45) is 0 Å². The van der Waals surface area contributed by atoms with Crippen molar-refractivity contribution >= 4 is 15.8 Å². The molecule has 0 radical (unpaired) electrons. The van der Waals surface area contributed by atoms with Gasteiger partial charge < -0.3 is 0 Å². The van der Waals surface area contributed by atoms with Gasteiger partial charge in [-0.1, -0.05) is 6.07 Å². The highest BCUT2D eigenvalue weighted by Crippen LogP contribution is 2.24. The van der Waals surface area contributed by atoms with Crippen LogP contribution in [0.25, 0.3) is 0 Å². The van der Waals surface area contributed by atoms with Gasteiger partial charge >= 0.3 is 0 Å². The molecule has 0 unspecified atom stereocenters. The summed E-state index contributed by atoms with van der Waals surface area (Å²) in [4.78, 5) is -0.0186. The summed E-state index contributed by atoms with van der Waals surface area (Å²) in [5.41, 5.74) is 0.564. The van der Waals surface area contributed by atoms with E-state index < -0.39 is 51.2 Å². The first-order chi connectivity index (χ1) is 13.5. The molecule has 0 aliphatic carbocycles. The molecule has 0 aliphatic rings. The monoisotopic (exact) mass is 431 g/mol. The van der Waals surface area contributed by atoms with Crippen LogP contribution in [-0.2, 0) is 16.6 Å². The minimum Gasteiger partial charge on any atom is -0.266 e. The number of aromatic nitrogens is 2. The van der Waals surface area contributed by atoms with E-state index in [0.717, 1.165) is 22.0 Å². The summed E-state index contributed by atoms with van der Waals surface area (Å²) >= 11 is 0. The molecule has 3 rings (SSSR count). The fourth-order valence-corrected chi connectivity index (χ4v) is 3.61. The summed E-state index contributed by atoms with van der Waals surface area (Å²) in [6.07, 6.45) is 1.14. The predicted octanol–water partition coefficient (Wildman–Crippen LogP) is 4.04. The molecule has 1 aromatic heterocycles. The topological polar surface area (TPSA) is 64.0 Å². The Labute approximate surface area is 162 Å². The minimum atomic E-state index is -3.99. The number of sulfonamides is 1. The molecule has 0 atom stereocenters. The van der Waals surface area contributed by atoms with Gasteiger partial charge in [0.1, 0.15) is 0 Å². The number of nitrogens with one attached hydrogen (secondary N) is 1. The van der Waals surface area contributed by atoms with Crippen molar-refractivity contribution in [3.63, 3.8) is 0 Å². The van der Waals surface area contributed by atoms with E-state index in [1.807, 2.05) is 6.92 Å². The van der Waals surface area contributed by atoms with Crippen LogP contribution >= 0.6 is 0 Å². The van der Waals surface area contributed by atoms with Gasteiger partial charge in [-0.25, -0.2) is 30.4 Å². The number of anilines is 1. The number of halogens is 5. The summed E-state index contributed by atoms with van der Waals surface area (Å²) in [6, 6.07) is 5.68. The summed E-state index contributed by atoms with van der Waals surface area (Å²) in [6.45, 7) is 2.77. The zero-order chi connectivity index (χ0) is 21.5. The predicted molar refractivity (Wildman–Crippen MR) is 94.3 cm³/mol. The number of hydrogen-bond donors (Lipinski definition) is 1. The van der Waals surface area contributed by atoms with Crippen molar-refractivity contribution in [1.82, 2.24) is 9.78 Å². The molecule has 29 heavy (non-hydrogen) atoms. The van der Waals surface area contributed by atoms with Gasteiger partial charge in [-0.2, -0.15) is 5.10 Å². The second-order valence-electron chi connectivity index (χ2n) is 6.30. The molecule has 2 aromatic carbocycles. The SMILES string of the molecule is Cc1ccc(S(=O)(=O)Nc2ccn(Cc3c(F)c(F)c(F)c(F)c3F)n2)cc1C. The van der Waals surface area contributed by atoms with E-state index in [1.54, 1.807) is 13.0 Å². The summed E-state index contributed by atoms with van der Waals surface area (Å²) in [7, 11) is -3.99. The second-order valence-corrected chi connectivity index (χ2v) is 7.98. The van der Waals surface area contributed by atoms with Gasteiger partial charge in [0.2, 0.25) is 5.82 Å². The molecule has 1 N–H and O–H groups in total. The molecule has 154 valence electrons. The average Bonchev–Trinajstić information content (AvgIpc) is 3.10. The van der Waals surface area contributed by atoms with Gasteiger partial charge in [0, 0.05) is 12.3 Å². The molecule has 3 aromatic rings. The highest BCUT2D eigenvalue weighted by atomic mass is 32.2. The molecule has 11 heteroatoms. The number of hydrogen-bond acceptors (Lipinski definition) is 3. The molecule has 0 amide bonds. The molecular weight excluding hydrogens is 417 g/mol. The van der Waals surface area contributed by atoms with Crippen LogP contribution in [0.15, 0.2) is 35.4 Å². The van der Waals surface area contributed by atoms with Gasteiger partial charge in [0.15, 0.2) is 29.1 Å². The highest BCUT2D eigenvalue weighted by Gasteiger charge is 2.26. The number of nitrogens with zero attached hydrogens (tertiary/aromatic N) is 2. The zero-order valence-electron chi connectivity index (χ0n) is 15.1. The molecule has 0 aliphatic heterocycles. The number of rotatable bonds is 5. The molecule has 0 fully saturated rings. The average molecular weight is 431 g/mol. The van der Waals surface area contributed by atoms with Crippen LogP contribution in [0, 0.1) is 42.9 Å². The zero-order valence-corrected chi connectivity index (χ0v) is 15.9. The van der Waals surface area contributed by atoms with E-state index in [1.165, 1.54) is 18.2 Å². The van der Waals surface area contributed by atoms with Gasteiger partial charge in [0.05, 0.1) is 17.0 Å². The van der Waals surface area contributed by atoms with Crippen LogP contribution in [0.1, 0.15) is 16.7 Å². The van der Waals surface area contributed by atoms with Gasteiger partial charge in [-0.05, 0) is 37.1 Å². The highest BCUT2D eigenvalue weighted by molar-refractivity contribution is 7.92. The fourth-order valence-electron chi connectivity index (χ4n) is 2.53. The van der Waals surface area contributed by atoms with E-state index in [9.17, 15) is 30.4 Å². The lowest BCUT2D eigenvalue weighted by molar-refractivity contribution is 0.367. The number of benzene rings is 2.